The molecule has 8 aliphatic rings. The highest BCUT2D eigenvalue weighted by Gasteiger charge is 2.45. The van der Waals surface area contributed by atoms with Crippen LogP contribution >= 0.6 is 49.2 Å². The predicted molar refractivity (Wildman–Crippen MR) is 275 cm³/mol. The maximum atomic E-state index is 12.2. The van der Waals surface area contributed by atoms with Crippen molar-refractivity contribution in [3.05, 3.63) is 120 Å². The van der Waals surface area contributed by atoms with Crippen molar-refractivity contribution in [2.75, 3.05) is 52.4 Å². The van der Waals surface area contributed by atoms with E-state index in [4.69, 9.17) is 11.6 Å². The van der Waals surface area contributed by atoms with Gasteiger partial charge < -0.3 is 15.1 Å². The van der Waals surface area contributed by atoms with E-state index in [0.717, 1.165) is 86.4 Å². The third-order valence-electron chi connectivity index (χ3n) is 14.0. The molecule has 0 radical (unpaired) electrons. The number of nitrogens with zero attached hydrogens (tertiary/aromatic N) is 11. The van der Waals surface area contributed by atoms with Gasteiger partial charge in [-0.3, -0.25) is 57.9 Å². The normalized spacial score (nSPS) is 28.0. The van der Waals surface area contributed by atoms with Gasteiger partial charge in [0, 0.05) is 163 Å². The molecule has 0 spiro atoms. The molecule has 4 aromatic heterocycles. The van der Waals surface area contributed by atoms with Gasteiger partial charge in [-0.15, -0.1) is 0 Å². The first-order valence-corrected chi connectivity index (χ1v) is 25.8. The molecule has 15 nitrogen and oxygen atoms in total. The van der Waals surface area contributed by atoms with Gasteiger partial charge in [-0.05, 0) is 83.8 Å². The van der Waals surface area contributed by atoms with E-state index in [2.05, 4.69) is 92.5 Å². The second kappa shape index (κ2) is 24.2. The summed E-state index contributed by atoms with van der Waals surface area (Å²) in [5.74, 6) is 0.479. The summed E-state index contributed by atoms with van der Waals surface area (Å²) < 4.78 is 9.32. The molecule has 0 aromatic carbocycles. The SMILES string of the molecule is O=C(Cc1cccnc1)N1CC2CC1CN2P.O=C(Cc1cccnc1)N1CC2CC1CN2P.O=C(Cl)Cc1cccnc1.PN1CC2CC1CN2.PN1CC2CC1CN2Cc1cccnc1. The number of hydrogen-bond donors (Lipinski definition) is 1. The molecule has 12 unspecified atom stereocenters. The molecule has 4 aromatic rings. The van der Waals surface area contributed by atoms with Crippen LogP contribution < -0.4 is 5.32 Å². The van der Waals surface area contributed by atoms with Gasteiger partial charge in [-0.2, -0.15) is 0 Å². The molecule has 0 saturated carbocycles. The van der Waals surface area contributed by atoms with Crippen LogP contribution in [-0.2, 0) is 40.2 Å². The number of likely N-dealkylation sites (tertiary alicyclic amines) is 3. The number of carbonyl (C=O) groups is 3. The zero-order valence-electron chi connectivity index (χ0n) is 38.0. The van der Waals surface area contributed by atoms with Gasteiger partial charge in [0.15, 0.2) is 0 Å². The van der Waals surface area contributed by atoms with Gasteiger partial charge in [-0.1, -0.05) is 61.8 Å². The van der Waals surface area contributed by atoms with Crippen LogP contribution in [0.2, 0.25) is 0 Å². The molecule has 20 heteroatoms. The maximum absolute atomic E-state index is 12.2. The Hall–Kier alpha value is -3.02. The lowest BCUT2D eigenvalue weighted by atomic mass is 10.2. The van der Waals surface area contributed by atoms with Crippen molar-refractivity contribution in [1.82, 2.24) is 58.6 Å². The Labute approximate surface area is 410 Å². The maximum Gasteiger partial charge on any atom is 0.227 e. The molecule has 12 atom stereocenters. The van der Waals surface area contributed by atoms with Crippen molar-refractivity contribution in [1.29, 1.82) is 0 Å². The van der Waals surface area contributed by atoms with Gasteiger partial charge in [0.25, 0.3) is 0 Å². The molecular weight excluding hydrogens is 940 g/mol. The Morgan fingerprint density at radius 2 is 0.925 bits per heavy atom. The standard InChI is InChI=1S/2C12H16N3OP.C11H16N3P.C7H6ClNO.C5H11N2P/c2*16-12(4-9-2-1-3-13-6-9)14-7-11-5-10(14)8-15(11)17;15-14-8-10-4-11(14)7-13(10)6-9-2-1-3-12-5-9;8-7(10)4-6-2-1-3-9-5-6;8-7-3-4-1-5(7)2-6-4/h2*1-3,6,10-11H,4-5,7-8,17H2;1-3,5,10-11H,4,6-8,15H2;1-3,5H,4H2;4-6H,1-3,8H2. The molecule has 0 aliphatic carbocycles. The summed E-state index contributed by atoms with van der Waals surface area (Å²) in [7, 11) is 11.1. The van der Waals surface area contributed by atoms with Crippen LogP contribution in [0.5, 0.6) is 0 Å². The van der Waals surface area contributed by atoms with Gasteiger partial charge in [-0.25, -0.2) is 0 Å². The molecule has 8 saturated heterocycles. The fraction of sp³-hybridized carbons (Fsp3) is 0.511. The van der Waals surface area contributed by atoms with Crippen LogP contribution in [0.4, 0.5) is 0 Å². The largest absolute Gasteiger partial charge is 0.336 e. The lowest BCUT2D eigenvalue weighted by Crippen LogP contribution is -2.46. The monoisotopic (exact) mass is 1000 g/mol. The Morgan fingerprint density at radius 3 is 1.22 bits per heavy atom. The third kappa shape index (κ3) is 13.9. The minimum absolute atomic E-state index is 0.239. The predicted octanol–water partition coefficient (Wildman–Crippen LogP) is 3.74. The van der Waals surface area contributed by atoms with Crippen LogP contribution in [0.25, 0.3) is 0 Å². The summed E-state index contributed by atoms with van der Waals surface area (Å²) in [6.45, 7) is 9.67. The Kier molecular flexibility index (Phi) is 18.2. The third-order valence-corrected chi connectivity index (χ3v) is 16.7. The number of rotatable bonds is 8. The van der Waals surface area contributed by atoms with Crippen LogP contribution in [0.3, 0.4) is 0 Å². The molecule has 67 heavy (non-hydrogen) atoms. The van der Waals surface area contributed by atoms with E-state index < -0.39 is 0 Å². The lowest BCUT2D eigenvalue weighted by Gasteiger charge is -2.31. The van der Waals surface area contributed by atoms with Crippen LogP contribution in [0.15, 0.2) is 98.1 Å². The molecule has 8 aliphatic heterocycles. The highest BCUT2D eigenvalue weighted by molar-refractivity contribution is 7.13. The van der Waals surface area contributed by atoms with E-state index in [9.17, 15) is 14.4 Å². The zero-order chi connectivity index (χ0) is 46.9. The molecule has 8 bridgehead atoms. The Bertz CT molecular complexity index is 2130. The highest BCUT2D eigenvalue weighted by atomic mass is 35.5. The Balaban J connectivity index is 0.000000116. The molecule has 12 heterocycles. The van der Waals surface area contributed by atoms with Crippen molar-refractivity contribution >= 4 is 66.2 Å². The Morgan fingerprint density at radius 1 is 0.507 bits per heavy atom. The zero-order valence-corrected chi connectivity index (χ0v) is 43.4. The summed E-state index contributed by atoms with van der Waals surface area (Å²) in [6, 6.07) is 20.5. The molecule has 2 amide bonds. The summed E-state index contributed by atoms with van der Waals surface area (Å²) >= 11 is 5.15. The van der Waals surface area contributed by atoms with Crippen molar-refractivity contribution < 1.29 is 14.4 Å². The fourth-order valence-corrected chi connectivity index (χ4v) is 12.5. The summed E-state index contributed by atoms with van der Waals surface area (Å²) in [5.41, 5.74) is 4.19. The minimum atomic E-state index is -0.354. The number of fused-ring (bicyclic) bond motifs is 8. The van der Waals surface area contributed by atoms with Crippen molar-refractivity contribution in [3.63, 3.8) is 0 Å². The average Bonchev–Trinajstić information content (AvgIpc) is 4.22. The summed E-state index contributed by atoms with van der Waals surface area (Å²) in [5, 5.41) is 3.08. The van der Waals surface area contributed by atoms with Gasteiger partial charge in [0.1, 0.15) is 0 Å². The number of carbonyl (C=O) groups excluding carboxylic acids is 3. The van der Waals surface area contributed by atoms with E-state index in [1.54, 1.807) is 43.2 Å². The average molecular weight is 1010 g/mol. The van der Waals surface area contributed by atoms with E-state index >= 15 is 0 Å². The number of pyridine rings is 4. The molecule has 8 fully saturated rings. The topological polar surface area (TPSA) is 137 Å². The molecule has 12 rings (SSSR count). The molecular formula is C47H65ClN12O3P4. The molecule has 1 N–H and O–H groups in total. The second-order valence-electron chi connectivity index (χ2n) is 18.8. The van der Waals surface area contributed by atoms with Crippen molar-refractivity contribution in [2.24, 2.45) is 0 Å². The van der Waals surface area contributed by atoms with Gasteiger partial charge >= 0.3 is 0 Å². The van der Waals surface area contributed by atoms with Crippen LogP contribution in [-0.4, -0.2) is 171 Å². The first-order chi connectivity index (χ1) is 32.4. The fourth-order valence-electron chi connectivity index (χ4n) is 10.5. The van der Waals surface area contributed by atoms with E-state index in [-0.39, 0.29) is 23.5 Å². The minimum Gasteiger partial charge on any atom is -0.336 e. The highest BCUT2D eigenvalue weighted by Crippen LogP contribution is 2.35. The quantitative estimate of drug-likeness (QED) is 0.203. The van der Waals surface area contributed by atoms with Crippen molar-refractivity contribution in [2.45, 2.75) is 99.8 Å². The van der Waals surface area contributed by atoms with Crippen LogP contribution in [0.1, 0.15) is 47.9 Å². The lowest BCUT2D eigenvalue weighted by molar-refractivity contribution is -0.133. The van der Waals surface area contributed by atoms with E-state index in [1.807, 2.05) is 58.6 Å². The van der Waals surface area contributed by atoms with Gasteiger partial charge in [0.05, 0.1) is 12.8 Å². The van der Waals surface area contributed by atoms with E-state index in [0.29, 0.717) is 37.0 Å². The number of piperazine rings is 4. The smallest absolute Gasteiger partial charge is 0.227 e. The van der Waals surface area contributed by atoms with Crippen molar-refractivity contribution in [3.8, 4) is 0 Å². The number of nitrogens with one attached hydrogen (secondary N) is 1. The number of halogens is 1. The number of amides is 2. The first-order valence-electron chi connectivity index (χ1n) is 23.3. The first kappa shape index (κ1) is 50.4. The number of aromatic nitrogens is 4. The molecule has 358 valence electrons. The second-order valence-corrected chi connectivity index (χ2v) is 21.8. The van der Waals surface area contributed by atoms with Crippen LogP contribution in [0, 0.1) is 0 Å². The summed E-state index contributed by atoms with van der Waals surface area (Å²) in [6.07, 6.45) is 20.3. The van der Waals surface area contributed by atoms with Gasteiger partial charge in [0.2, 0.25) is 17.1 Å². The van der Waals surface area contributed by atoms with E-state index in [1.165, 1.54) is 44.6 Å². The number of hydrogen-bond acceptors (Lipinski definition) is 13. The summed E-state index contributed by atoms with van der Waals surface area (Å²) in [4.78, 5) is 57.5.